The van der Waals surface area contributed by atoms with E-state index in [4.69, 9.17) is 10.00 Å². The standard InChI is InChI=1S/C12H17N3O/c1-15(6-3-7-16-2)10-11-4-5-14-12(8-11)9-13/h4-5,8H,3,6-7,10H2,1-2H3. The molecule has 4 heteroatoms. The van der Waals surface area contributed by atoms with Crippen LogP contribution in [-0.2, 0) is 11.3 Å². The van der Waals surface area contributed by atoms with Gasteiger partial charge in [0.2, 0.25) is 0 Å². The molecule has 0 aliphatic carbocycles. The summed E-state index contributed by atoms with van der Waals surface area (Å²) in [4.78, 5) is 6.14. The molecule has 0 unspecified atom stereocenters. The van der Waals surface area contributed by atoms with Gasteiger partial charge in [0.05, 0.1) is 0 Å². The monoisotopic (exact) mass is 219 g/mol. The average molecular weight is 219 g/mol. The molecule has 1 rings (SSSR count). The van der Waals surface area contributed by atoms with E-state index in [1.807, 2.05) is 18.2 Å². The van der Waals surface area contributed by atoms with Crippen LogP contribution in [0.1, 0.15) is 17.7 Å². The number of methoxy groups -OCH3 is 1. The third kappa shape index (κ3) is 4.39. The molecule has 0 atom stereocenters. The van der Waals surface area contributed by atoms with Crippen LogP contribution in [-0.4, -0.2) is 37.2 Å². The Balaban J connectivity index is 2.43. The van der Waals surface area contributed by atoms with E-state index >= 15 is 0 Å². The fraction of sp³-hybridized carbons (Fsp3) is 0.500. The molecule has 0 fully saturated rings. The molecule has 0 N–H and O–H groups in total. The van der Waals surface area contributed by atoms with Gasteiger partial charge in [-0.3, -0.25) is 0 Å². The molecule has 0 aliphatic heterocycles. The van der Waals surface area contributed by atoms with Gasteiger partial charge in [-0.05, 0) is 31.2 Å². The van der Waals surface area contributed by atoms with E-state index in [0.717, 1.165) is 31.7 Å². The van der Waals surface area contributed by atoms with E-state index in [9.17, 15) is 0 Å². The second kappa shape index (κ2) is 6.94. The van der Waals surface area contributed by atoms with E-state index in [1.165, 1.54) is 0 Å². The number of hydrogen-bond acceptors (Lipinski definition) is 4. The Labute approximate surface area is 96.5 Å². The van der Waals surface area contributed by atoms with Gasteiger partial charge in [0, 0.05) is 33.0 Å². The molecule has 0 saturated carbocycles. The number of nitriles is 1. The minimum atomic E-state index is 0.475. The van der Waals surface area contributed by atoms with Crippen LogP contribution in [0.2, 0.25) is 0 Å². The van der Waals surface area contributed by atoms with Crippen LogP contribution in [0.5, 0.6) is 0 Å². The van der Waals surface area contributed by atoms with Crippen molar-refractivity contribution in [2.75, 3.05) is 27.3 Å². The first-order chi connectivity index (χ1) is 7.76. The lowest BCUT2D eigenvalue weighted by Crippen LogP contribution is -2.20. The normalized spacial score (nSPS) is 10.4. The summed E-state index contributed by atoms with van der Waals surface area (Å²) >= 11 is 0. The molecule has 0 amide bonds. The summed E-state index contributed by atoms with van der Waals surface area (Å²) in [5.41, 5.74) is 1.59. The maximum Gasteiger partial charge on any atom is 0.140 e. The second-order valence-corrected chi connectivity index (χ2v) is 3.75. The van der Waals surface area contributed by atoms with Crippen molar-refractivity contribution in [3.05, 3.63) is 29.6 Å². The molecular weight excluding hydrogens is 202 g/mol. The average Bonchev–Trinajstić information content (AvgIpc) is 2.29. The van der Waals surface area contributed by atoms with E-state index in [2.05, 4.69) is 16.9 Å². The van der Waals surface area contributed by atoms with Gasteiger partial charge in [0.1, 0.15) is 11.8 Å². The highest BCUT2D eigenvalue weighted by molar-refractivity contribution is 5.25. The second-order valence-electron chi connectivity index (χ2n) is 3.75. The molecule has 1 heterocycles. The first-order valence-corrected chi connectivity index (χ1v) is 5.28. The summed E-state index contributed by atoms with van der Waals surface area (Å²) < 4.78 is 5.00. The third-order valence-corrected chi connectivity index (χ3v) is 2.28. The molecule has 0 aliphatic rings. The van der Waals surface area contributed by atoms with Crippen LogP contribution in [0.4, 0.5) is 0 Å². The van der Waals surface area contributed by atoms with Gasteiger partial charge in [0.15, 0.2) is 0 Å². The van der Waals surface area contributed by atoms with Crippen LogP contribution < -0.4 is 0 Å². The summed E-state index contributed by atoms with van der Waals surface area (Å²) in [6.07, 6.45) is 2.69. The Morgan fingerprint density at radius 1 is 1.56 bits per heavy atom. The largest absolute Gasteiger partial charge is 0.385 e. The van der Waals surface area contributed by atoms with Gasteiger partial charge in [-0.15, -0.1) is 0 Å². The summed E-state index contributed by atoms with van der Waals surface area (Å²) in [6.45, 7) is 2.60. The van der Waals surface area contributed by atoms with Crippen molar-refractivity contribution < 1.29 is 4.74 Å². The predicted octanol–water partition coefficient (Wildman–Crippen LogP) is 1.42. The smallest absolute Gasteiger partial charge is 0.140 e. The van der Waals surface area contributed by atoms with E-state index in [0.29, 0.717) is 5.69 Å². The van der Waals surface area contributed by atoms with Gasteiger partial charge < -0.3 is 9.64 Å². The van der Waals surface area contributed by atoms with Gasteiger partial charge in [0.25, 0.3) is 0 Å². The Morgan fingerprint density at radius 2 is 2.38 bits per heavy atom. The molecule has 86 valence electrons. The summed E-state index contributed by atoms with van der Waals surface area (Å²) in [6, 6.07) is 5.81. The van der Waals surface area contributed by atoms with Gasteiger partial charge in [-0.2, -0.15) is 5.26 Å². The number of ether oxygens (including phenoxy) is 1. The first-order valence-electron chi connectivity index (χ1n) is 5.28. The Hall–Kier alpha value is -1.44. The zero-order chi connectivity index (χ0) is 11.8. The van der Waals surface area contributed by atoms with Crippen LogP contribution >= 0.6 is 0 Å². The minimum Gasteiger partial charge on any atom is -0.385 e. The quantitative estimate of drug-likeness (QED) is 0.679. The lowest BCUT2D eigenvalue weighted by Gasteiger charge is -2.16. The summed E-state index contributed by atoms with van der Waals surface area (Å²) in [5, 5.41) is 8.73. The molecule has 0 aromatic carbocycles. The summed E-state index contributed by atoms with van der Waals surface area (Å²) in [7, 11) is 3.77. The van der Waals surface area contributed by atoms with E-state index in [1.54, 1.807) is 13.3 Å². The molecule has 1 aromatic rings. The predicted molar refractivity (Wildman–Crippen MR) is 61.8 cm³/mol. The van der Waals surface area contributed by atoms with Crippen LogP contribution in [0.15, 0.2) is 18.3 Å². The van der Waals surface area contributed by atoms with E-state index < -0.39 is 0 Å². The zero-order valence-corrected chi connectivity index (χ0v) is 9.81. The van der Waals surface area contributed by atoms with Gasteiger partial charge >= 0.3 is 0 Å². The van der Waals surface area contributed by atoms with Gasteiger partial charge in [-0.25, -0.2) is 4.98 Å². The fourth-order valence-electron chi connectivity index (χ4n) is 1.50. The van der Waals surface area contributed by atoms with Crippen LogP contribution in [0.3, 0.4) is 0 Å². The number of rotatable bonds is 6. The minimum absolute atomic E-state index is 0.475. The first kappa shape index (κ1) is 12.6. The van der Waals surface area contributed by atoms with Gasteiger partial charge in [-0.1, -0.05) is 0 Å². The number of aromatic nitrogens is 1. The zero-order valence-electron chi connectivity index (χ0n) is 9.81. The highest BCUT2D eigenvalue weighted by Gasteiger charge is 2.01. The van der Waals surface area contributed by atoms with Crippen LogP contribution in [0.25, 0.3) is 0 Å². The molecule has 0 bridgehead atoms. The molecule has 16 heavy (non-hydrogen) atoms. The lowest BCUT2D eigenvalue weighted by molar-refractivity contribution is 0.178. The lowest BCUT2D eigenvalue weighted by atomic mass is 10.2. The Kier molecular flexibility index (Phi) is 5.48. The Bertz CT molecular complexity index is 360. The van der Waals surface area contributed by atoms with Crippen molar-refractivity contribution in [2.24, 2.45) is 0 Å². The fourth-order valence-corrected chi connectivity index (χ4v) is 1.50. The number of hydrogen-bond donors (Lipinski definition) is 0. The maximum atomic E-state index is 8.73. The summed E-state index contributed by atoms with van der Waals surface area (Å²) in [5.74, 6) is 0. The maximum absolute atomic E-state index is 8.73. The molecular formula is C12H17N3O. The van der Waals surface area contributed by atoms with E-state index in [-0.39, 0.29) is 0 Å². The molecule has 0 saturated heterocycles. The third-order valence-electron chi connectivity index (χ3n) is 2.28. The number of pyridine rings is 1. The SMILES string of the molecule is COCCCN(C)Cc1ccnc(C#N)c1. The van der Waals surface area contributed by atoms with Crippen LogP contribution in [0, 0.1) is 11.3 Å². The topological polar surface area (TPSA) is 49.1 Å². The highest BCUT2D eigenvalue weighted by atomic mass is 16.5. The molecule has 1 aromatic heterocycles. The molecule has 0 radical (unpaired) electrons. The van der Waals surface area contributed by atoms with Crippen molar-refractivity contribution >= 4 is 0 Å². The number of nitrogens with zero attached hydrogens (tertiary/aromatic N) is 3. The molecule has 4 nitrogen and oxygen atoms in total. The van der Waals surface area contributed by atoms with Crippen molar-refractivity contribution in [3.8, 4) is 6.07 Å². The van der Waals surface area contributed by atoms with Crippen molar-refractivity contribution in [1.29, 1.82) is 5.26 Å². The van der Waals surface area contributed by atoms with Crippen molar-refractivity contribution in [2.45, 2.75) is 13.0 Å². The molecule has 0 spiro atoms. The van der Waals surface area contributed by atoms with Crippen molar-refractivity contribution in [3.63, 3.8) is 0 Å². The Morgan fingerprint density at radius 3 is 3.06 bits per heavy atom. The highest BCUT2D eigenvalue weighted by Crippen LogP contribution is 2.04. The van der Waals surface area contributed by atoms with Crippen molar-refractivity contribution in [1.82, 2.24) is 9.88 Å².